The molecule has 1 aromatic carbocycles. The van der Waals surface area contributed by atoms with Crippen LogP contribution in [0.15, 0.2) is 47.4 Å². The van der Waals surface area contributed by atoms with Crippen LogP contribution in [-0.4, -0.2) is 44.6 Å². The van der Waals surface area contributed by atoms with Crippen molar-refractivity contribution in [3.8, 4) is 0 Å². The SMILES string of the molecule is O=C(CCSc1ccccc1)NCc1nnc2ccc(N3CCCC3)nn12. The Morgan fingerprint density at radius 1 is 1.07 bits per heavy atom. The molecule has 0 radical (unpaired) electrons. The van der Waals surface area contributed by atoms with Crippen molar-refractivity contribution < 1.29 is 4.79 Å². The molecule has 1 N–H and O–H groups in total. The van der Waals surface area contributed by atoms with E-state index in [0.29, 0.717) is 24.4 Å². The lowest BCUT2D eigenvalue weighted by Crippen LogP contribution is -2.25. The van der Waals surface area contributed by atoms with Gasteiger partial charge in [0.25, 0.3) is 0 Å². The van der Waals surface area contributed by atoms with Crippen molar-refractivity contribution in [3.05, 3.63) is 48.3 Å². The highest BCUT2D eigenvalue weighted by Gasteiger charge is 2.16. The van der Waals surface area contributed by atoms with E-state index in [1.165, 1.54) is 17.7 Å². The predicted octanol–water partition coefficient (Wildman–Crippen LogP) is 2.52. The molecular formula is C19H22N6OS. The number of fused-ring (bicyclic) bond motifs is 1. The lowest BCUT2D eigenvalue weighted by molar-refractivity contribution is -0.120. The van der Waals surface area contributed by atoms with Gasteiger partial charge in [-0.05, 0) is 37.1 Å². The molecule has 0 spiro atoms. The minimum absolute atomic E-state index is 0.00544. The molecule has 3 heterocycles. The second-order valence-corrected chi connectivity index (χ2v) is 7.63. The summed E-state index contributed by atoms with van der Waals surface area (Å²) < 4.78 is 1.73. The zero-order chi connectivity index (χ0) is 18.5. The van der Waals surface area contributed by atoms with Gasteiger partial charge in [-0.15, -0.1) is 27.1 Å². The van der Waals surface area contributed by atoms with Crippen LogP contribution in [0.5, 0.6) is 0 Å². The largest absolute Gasteiger partial charge is 0.355 e. The summed E-state index contributed by atoms with van der Waals surface area (Å²) in [6.07, 6.45) is 2.86. The molecule has 0 aliphatic carbocycles. The molecule has 1 aliphatic heterocycles. The fourth-order valence-corrected chi connectivity index (χ4v) is 3.97. The summed E-state index contributed by atoms with van der Waals surface area (Å²) >= 11 is 1.68. The molecule has 0 bridgehead atoms. The van der Waals surface area contributed by atoms with Gasteiger partial charge in [0.1, 0.15) is 5.82 Å². The topological polar surface area (TPSA) is 75.4 Å². The number of thioether (sulfide) groups is 1. The summed E-state index contributed by atoms with van der Waals surface area (Å²) in [6, 6.07) is 14.0. The van der Waals surface area contributed by atoms with Gasteiger partial charge < -0.3 is 10.2 Å². The molecule has 27 heavy (non-hydrogen) atoms. The number of aromatic nitrogens is 4. The summed E-state index contributed by atoms with van der Waals surface area (Å²) in [5, 5.41) is 15.9. The van der Waals surface area contributed by atoms with Gasteiger partial charge in [-0.3, -0.25) is 4.79 Å². The number of benzene rings is 1. The maximum absolute atomic E-state index is 12.1. The van der Waals surface area contributed by atoms with Crippen molar-refractivity contribution >= 4 is 29.1 Å². The summed E-state index contributed by atoms with van der Waals surface area (Å²) in [5.41, 5.74) is 0.696. The Morgan fingerprint density at radius 2 is 1.89 bits per heavy atom. The Hall–Kier alpha value is -2.61. The zero-order valence-corrected chi connectivity index (χ0v) is 15.9. The Balaban J connectivity index is 1.32. The van der Waals surface area contributed by atoms with E-state index in [-0.39, 0.29) is 5.91 Å². The summed E-state index contributed by atoms with van der Waals surface area (Å²) in [7, 11) is 0. The Kier molecular flexibility index (Phi) is 5.53. The second-order valence-electron chi connectivity index (χ2n) is 6.46. The number of anilines is 1. The smallest absolute Gasteiger partial charge is 0.221 e. The van der Waals surface area contributed by atoms with Crippen LogP contribution in [0.1, 0.15) is 25.1 Å². The molecule has 3 aromatic rings. The Morgan fingerprint density at radius 3 is 2.70 bits per heavy atom. The highest BCUT2D eigenvalue weighted by atomic mass is 32.2. The Bertz CT molecular complexity index is 907. The van der Waals surface area contributed by atoms with Crippen LogP contribution in [0.2, 0.25) is 0 Å². The molecule has 1 aliphatic rings. The van der Waals surface area contributed by atoms with Crippen LogP contribution >= 0.6 is 11.8 Å². The molecule has 8 heteroatoms. The third-order valence-electron chi connectivity index (χ3n) is 4.53. The molecule has 2 aromatic heterocycles. The summed E-state index contributed by atoms with van der Waals surface area (Å²) in [5.74, 6) is 2.33. The van der Waals surface area contributed by atoms with Gasteiger partial charge in [0.05, 0.1) is 6.54 Å². The van der Waals surface area contributed by atoms with Crippen molar-refractivity contribution in [1.29, 1.82) is 0 Å². The molecule has 7 nitrogen and oxygen atoms in total. The third kappa shape index (κ3) is 4.39. The first-order valence-electron chi connectivity index (χ1n) is 9.20. The highest BCUT2D eigenvalue weighted by molar-refractivity contribution is 7.99. The lowest BCUT2D eigenvalue weighted by atomic mass is 10.4. The zero-order valence-electron chi connectivity index (χ0n) is 15.0. The van der Waals surface area contributed by atoms with Crippen LogP contribution in [0, 0.1) is 0 Å². The first-order chi connectivity index (χ1) is 13.3. The first-order valence-corrected chi connectivity index (χ1v) is 10.2. The van der Waals surface area contributed by atoms with Crippen molar-refractivity contribution in [2.24, 2.45) is 0 Å². The van der Waals surface area contributed by atoms with Gasteiger partial charge in [0, 0.05) is 30.2 Å². The van der Waals surface area contributed by atoms with Gasteiger partial charge in [0.15, 0.2) is 11.5 Å². The molecule has 0 unspecified atom stereocenters. The van der Waals surface area contributed by atoms with Gasteiger partial charge in [-0.2, -0.15) is 4.52 Å². The van der Waals surface area contributed by atoms with E-state index in [9.17, 15) is 4.79 Å². The van der Waals surface area contributed by atoms with Gasteiger partial charge >= 0.3 is 0 Å². The number of hydrogen-bond acceptors (Lipinski definition) is 6. The van der Waals surface area contributed by atoms with E-state index in [2.05, 4.69) is 37.6 Å². The molecule has 4 rings (SSSR count). The fourth-order valence-electron chi connectivity index (χ4n) is 3.09. The van der Waals surface area contributed by atoms with Gasteiger partial charge in [0.2, 0.25) is 5.91 Å². The average molecular weight is 382 g/mol. The number of hydrogen-bond donors (Lipinski definition) is 1. The van der Waals surface area contributed by atoms with Crippen LogP contribution in [0.3, 0.4) is 0 Å². The van der Waals surface area contributed by atoms with Crippen LogP contribution < -0.4 is 10.2 Å². The first kappa shape index (κ1) is 17.8. The number of carbonyl (C=O) groups excluding carboxylic acids is 1. The molecule has 0 atom stereocenters. The molecule has 0 saturated carbocycles. The third-order valence-corrected chi connectivity index (χ3v) is 5.54. The normalized spacial score (nSPS) is 14.0. The number of amides is 1. The minimum atomic E-state index is 0.00544. The average Bonchev–Trinajstić information content (AvgIpc) is 3.37. The van der Waals surface area contributed by atoms with E-state index in [1.54, 1.807) is 16.3 Å². The molecule has 140 valence electrons. The monoisotopic (exact) mass is 382 g/mol. The summed E-state index contributed by atoms with van der Waals surface area (Å²) in [6.45, 7) is 2.39. The molecule has 1 amide bonds. The number of nitrogens with zero attached hydrogens (tertiary/aromatic N) is 5. The van der Waals surface area contributed by atoms with Crippen LogP contribution in [0.25, 0.3) is 5.65 Å². The number of carbonyl (C=O) groups is 1. The van der Waals surface area contributed by atoms with Crippen molar-refractivity contribution in [2.75, 3.05) is 23.7 Å². The van der Waals surface area contributed by atoms with E-state index in [1.807, 2.05) is 30.3 Å². The predicted molar refractivity (Wildman–Crippen MR) is 106 cm³/mol. The maximum atomic E-state index is 12.1. The van der Waals surface area contributed by atoms with E-state index in [4.69, 9.17) is 0 Å². The lowest BCUT2D eigenvalue weighted by Gasteiger charge is -2.15. The number of nitrogens with one attached hydrogen (secondary N) is 1. The standard InChI is InChI=1S/C19H22N6OS/c26-19(10-13-27-15-6-2-1-3-7-15)20-14-18-22-21-16-8-9-17(23-25(16)18)24-11-4-5-12-24/h1-3,6-9H,4-5,10-14H2,(H,20,26). The quantitative estimate of drug-likeness (QED) is 0.633. The van der Waals surface area contributed by atoms with Gasteiger partial charge in [-0.25, -0.2) is 0 Å². The molecule has 1 saturated heterocycles. The minimum Gasteiger partial charge on any atom is -0.355 e. The molecule has 1 fully saturated rings. The number of rotatable bonds is 7. The van der Waals surface area contributed by atoms with Crippen LogP contribution in [0.4, 0.5) is 5.82 Å². The highest BCUT2D eigenvalue weighted by Crippen LogP contribution is 2.19. The molecular weight excluding hydrogens is 360 g/mol. The maximum Gasteiger partial charge on any atom is 0.221 e. The van der Waals surface area contributed by atoms with E-state index < -0.39 is 0 Å². The van der Waals surface area contributed by atoms with E-state index >= 15 is 0 Å². The van der Waals surface area contributed by atoms with Crippen molar-refractivity contribution in [2.45, 2.75) is 30.7 Å². The summed E-state index contributed by atoms with van der Waals surface area (Å²) in [4.78, 5) is 15.6. The van der Waals surface area contributed by atoms with E-state index in [0.717, 1.165) is 24.7 Å². The second kappa shape index (κ2) is 8.39. The fraction of sp³-hybridized carbons (Fsp3) is 0.368. The van der Waals surface area contributed by atoms with Gasteiger partial charge in [-0.1, -0.05) is 18.2 Å². The Labute approximate surface area is 162 Å². The van der Waals surface area contributed by atoms with Crippen molar-refractivity contribution in [3.63, 3.8) is 0 Å². The van der Waals surface area contributed by atoms with Crippen molar-refractivity contribution in [1.82, 2.24) is 25.1 Å². The van der Waals surface area contributed by atoms with Crippen LogP contribution in [-0.2, 0) is 11.3 Å².